The lowest BCUT2D eigenvalue weighted by Gasteiger charge is -2.24. The van der Waals surface area contributed by atoms with Gasteiger partial charge in [-0.1, -0.05) is 42.5 Å². The van der Waals surface area contributed by atoms with Crippen LogP contribution in [0.3, 0.4) is 0 Å². The second kappa shape index (κ2) is 6.14. The summed E-state index contributed by atoms with van der Waals surface area (Å²) in [4.78, 5) is 0. The maximum atomic E-state index is 13.7. The Hall–Kier alpha value is -1.15. The summed E-state index contributed by atoms with van der Waals surface area (Å²) >= 11 is 0. The minimum atomic E-state index is -0.151. The van der Waals surface area contributed by atoms with Crippen molar-refractivity contribution >= 4 is 6.08 Å². The second-order valence-electron chi connectivity index (χ2n) is 5.28. The van der Waals surface area contributed by atoms with Crippen LogP contribution < -0.4 is 5.73 Å². The van der Waals surface area contributed by atoms with Gasteiger partial charge >= 0.3 is 0 Å². The second-order valence-corrected chi connectivity index (χ2v) is 5.28. The van der Waals surface area contributed by atoms with Crippen LogP contribution in [0.2, 0.25) is 0 Å². The van der Waals surface area contributed by atoms with Crippen LogP contribution in [0.5, 0.6) is 0 Å². The number of rotatable bonds is 3. The predicted octanol–water partition coefficient (Wildman–Crippen LogP) is 4.06. The van der Waals surface area contributed by atoms with Gasteiger partial charge in [0.15, 0.2) is 0 Å². The highest BCUT2D eigenvalue weighted by molar-refractivity contribution is 5.55. The van der Waals surface area contributed by atoms with Gasteiger partial charge in [0.1, 0.15) is 5.82 Å². The Balaban J connectivity index is 2.24. The lowest BCUT2D eigenvalue weighted by atomic mass is 9.83. The van der Waals surface area contributed by atoms with Crippen molar-refractivity contribution in [1.29, 1.82) is 0 Å². The Kier molecular flexibility index (Phi) is 4.54. The number of halogens is 1. The molecule has 1 fully saturated rings. The molecule has 0 radical (unpaired) electrons. The van der Waals surface area contributed by atoms with Crippen LogP contribution in [0.15, 0.2) is 23.8 Å². The van der Waals surface area contributed by atoms with E-state index in [0.717, 1.165) is 5.56 Å². The minimum absolute atomic E-state index is 0.151. The van der Waals surface area contributed by atoms with Crippen molar-refractivity contribution in [3.63, 3.8) is 0 Å². The van der Waals surface area contributed by atoms with Gasteiger partial charge in [-0.05, 0) is 37.8 Å². The van der Waals surface area contributed by atoms with E-state index in [0.29, 0.717) is 18.0 Å². The third-order valence-corrected chi connectivity index (χ3v) is 3.86. The first-order valence-electron chi connectivity index (χ1n) is 6.87. The molecule has 0 heterocycles. The molecule has 18 heavy (non-hydrogen) atoms. The maximum absolute atomic E-state index is 13.7. The van der Waals surface area contributed by atoms with Crippen molar-refractivity contribution in [3.8, 4) is 0 Å². The summed E-state index contributed by atoms with van der Waals surface area (Å²) < 4.78 is 13.7. The van der Waals surface area contributed by atoms with E-state index in [1.807, 2.05) is 19.1 Å². The van der Waals surface area contributed by atoms with Gasteiger partial charge in [0.25, 0.3) is 0 Å². The molecule has 1 nitrogen and oxygen atoms in total. The van der Waals surface area contributed by atoms with Gasteiger partial charge in [-0.25, -0.2) is 4.39 Å². The van der Waals surface area contributed by atoms with Crippen LogP contribution >= 0.6 is 0 Å². The van der Waals surface area contributed by atoms with Crippen LogP contribution in [0.1, 0.15) is 43.2 Å². The molecule has 98 valence electrons. The molecule has 1 aromatic rings. The molecule has 0 saturated heterocycles. The Bertz CT molecular complexity index is 431. The summed E-state index contributed by atoms with van der Waals surface area (Å²) in [6, 6.07) is 5.24. The highest BCUT2D eigenvalue weighted by Crippen LogP contribution is 2.30. The Morgan fingerprint density at radius 1 is 1.33 bits per heavy atom. The summed E-state index contributed by atoms with van der Waals surface area (Å²) in [6.07, 6.45) is 8.26. The third kappa shape index (κ3) is 3.20. The molecule has 0 aliphatic heterocycles. The van der Waals surface area contributed by atoms with Crippen LogP contribution in [0.4, 0.5) is 4.39 Å². The van der Waals surface area contributed by atoms with E-state index in [4.69, 9.17) is 5.73 Å². The number of nitrogens with two attached hydrogens (primary N) is 1. The van der Waals surface area contributed by atoms with E-state index in [9.17, 15) is 4.39 Å². The van der Waals surface area contributed by atoms with Gasteiger partial charge in [-0.15, -0.1) is 0 Å². The topological polar surface area (TPSA) is 26.0 Å². The van der Waals surface area contributed by atoms with E-state index in [2.05, 4.69) is 0 Å². The fraction of sp³-hybridized carbons (Fsp3) is 0.500. The van der Waals surface area contributed by atoms with Gasteiger partial charge in [-0.3, -0.25) is 0 Å². The summed E-state index contributed by atoms with van der Waals surface area (Å²) in [6.45, 7) is 2.53. The molecular formula is C16H22FN. The molecule has 1 aliphatic carbocycles. The summed E-state index contributed by atoms with van der Waals surface area (Å²) in [7, 11) is 0. The van der Waals surface area contributed by atoms with E-state index in [1.165, 1.54) is 43.7 Å². The fourth-order valence-electron chi connectivity index (χ4n) is 2.79. The smallest absolute Gasteiger partial charge is 0.130 e. The van der Waals surface area contributed by atoms with Gasteiger partial charge < -0.3 is 5.73 Å². The van der Waals surface area contributed by atoms with Gasteiger partial charge in [0.2, 0.25) is 0 Å². The first-order chi connectivity index (χ1) is 8.70. The Morgan fingerprint density at radius 2 is 2.06 bits per heavy atom. The van der Waals surface area contributed by atoms with Gasteiger partial charge in [0.05, 0.1) is 0 Å². The highest BCUT2D eigenvalue weighted by Gasteiger charge is 2.17. The van der Waals surface area contributed by atoms with Crippen molar-refractivity contribution in [1.82, 2.24) is 0 Å². The van der Waals surface area contributed by atoms with E-state index in [1.54, 1.807) is 6.07 Å². The molecular weight excluding hydrogens is 225 g/mol. The first-order valence-corrected chi connectivity index (χ1v) is 6.87. The number of aryl methyl sites for hydroxylation is 1. The Morgan fingerprint density at radius 3 is 2.72 bits per heavy atom. The molecule has 0 aromatic heterocycles. The van der Waals surface area contributed by atoms with Crippen molar-refractivity contribution in [2.24, 2.45) is 11.7 Å². The average molecular weight is 247 g/mol. The van der Waals surface area contributed by atoms with Gasteiger partial charge in [-0.2, -0.15) is 0 Å². The predicted molar refractivity (Wildman–Crippen MR) is 74.7 cm³/mol. The number of hydrogen-bond donors (Lipinski definition) is 1. The van der Waals surface area contributed by atoms with Crippen LogP contribution in [-0.4, -0.2) is 6.54 Å². The normalized spacial score (nSPS) is 18.1. The number of hydrogen-bond acceptors (Lipinski definition) is 1. The lowest BCUT2D eigenvalue weighted by molar-refractivity contribution is 0.401. The fourth-order valence-corrected chi connectivity index (χ4v) is 2.79. The zero-order valence-corrected chi connectivity index (χ0v) is 11.1. The van der Waals surface area contributed by atoms with Gasteiger partial charge in [0, 0.05) is 12.1 Å². The van der Waals surface area contributed by atoms with Crippen LogP contribution in [0.25, 0.3) is 6.08 Å². The lowest BCUT2D eigenvalue weighted by Crippen LogP contribution is -2.16. The SMILES string of the molecule is Cc1ccc(F)c(/C=C(/CN)C2CCCCC2)c1. The summed E-state index contributed by atoms with van der Waals surface area (Å²) in [5.41, 5.74) is 8.82. The van der Waals surface area contributed by atoms with Crippen LogP contribution in [0, 0.1) is 18.7 Å². The molecule has 2 heteroatoms. The number of benzene rings is 1. The monoisotopic (exact) mass is 247 g/mol. The molecule has 2 N–H and O–H groups in total. The largest absolute Gasteiger partial charge is 0.327 e. The average Bonchev–Trinajstić information content (AvgIpc) is 2.41. The molecule has 0 unspecified atom stereocenters. The van der Waals surface area contributed by atoms with Crippen molar-refractivity contribution < 1.29 is 4.39 Å². The molecule has 0 amide bonds. The molecule has 0 spiro atoms. The third-order valence-electron chi connectivity index (χ3n) is 3.86. The molecule has 2 rings (SSSR count). The standard InChI is InChI=1S/C16H22FN/c1-12-7-8-16(17)14(9-12)10-15(11-18)13-5-3-2-4-6-13/h7-10,13H,2-6,11,18H2,1H3/b15-10-. The van der Waals surface area contributed by atoms with E-state index < -0.39 is 0 Å². The molecule has 1 aliphatic rings. The molecule has 0 atom stereocenters. The molecule has 1 aromatic carbocycles. The first kappa shape index (κ1) is 13.3. The Labute approximate surface area is 109 Å². The van der Waals surface area contributed by atoms with Crippen molar-refractivity contribution in [2.45, 2.75) is 39.0 Å². The van der Waals surface area contributed by atoms with Crippen molar-refractivity contribution in [3.05, 3.63) is 40.7 Å². The zero-order chi connectivity index (χ0) is 13.0. The van der Waals surface area contributed by atoms with E-state index in [-0.39, 0.29) is 5.82 Å². The summed E-state index contributed by atoms with van der Waals surface area (Å²) in [5.74, 6) is 0.408. The van der Waals surface area contributed by atoms with E-state index >= 15 is 0 Å². The summed E-state index contributed by atoms with van der Waals surface area (Å²) in [5, 5.41) is 0. The molecule has 1 saturated carbocycles. The quantitative estimate of drug-likeness (QED) is 0.856. The molecule has 0 bridgehead atoms. The highest BCUT2D eigenvalue weighted by atomic mass is 19.1. The minimum Gasteiger partial charge on any atom is -0.327 e. The van der Waals surface area contributed by atoms with Crippen LogP contribution in [-0.2, 0) is 0 Å². The van der Waals surface area contributed by atoms with Crippen molar-refractivity contribution in [2.75, 3.05) is 6.54 Å². The zero-order valence-electron chi connectivity index (χ0n) is 11.1. The maximum Gasteiger partial charge on any atom is 0.130 e.